The molecule has 2 aromatic rings. The number of pyridine rings is 1. The van der Waals surface area contributed by atoms with Crippen LogP contribution in [0.15, 0.2) is 36.5 Å². The van der Waals surface area contributed by atoms with E-state index < -0.39 is 6.10 Å². The molecule has 1 aromatic heterocycles. The van der Waals surface area contributed by atoms with Crippen LogP contribution in [0.3, 0.4) is 0 Å². The monoisotopic (exact) mass is 260 g/mol. The average molecular weight is 260 g/mol. The molecule has 0 saturated carbocycles. The number of benzene rings is 1. The Morgan fingerprint density at radius 2 is 1.95 bits per heavy atom. The number of hydrogen-bond donors (Lipinski definition) is 2. The van der Waals surface area contributed by atoms with E-state index in [2.05, 4.69) is 4.98 Å². The van der Waals surface area contributed by atoms with Crippen molar-refractivity contribution >= 4 is 5.82 Å². The molecule has 0 spiro atoms. The Hall–Kier alpha value is -2.27. The molecule has 0 saturated heterocycles. The fourth-order valence-electron chi connectivity index (χ4n) is 1.88. The highest BCUT2D eigenvalue weighted by atomic mass is 16.5. The molecule has 5 nitrogen and oxygen atoms in total. The van der Waals surface area contributed by atoms with Gasteiger partial charge in [-0.3, -0.25) is 0 Å². The van der Waals surface area contributed by atoms with E-state index in [0.717, 1.165) is 0 Å². The second-order valence-electron chi connectivity index (χ2n) is 3.99. The van der Waals surface area contributed by atoms with Gasteiger partial charge in [-0.15, -0.1) is 0 Å². The summed E-state index contributed by atoms with van der Waals surface area (Å²) < 4.78 is 10.4. The molecule has 1 heterocycles. The first-order chi connectivity index (χ1) is 9.17. The number of anilines is 1. The molecule has 2 rings (SSSR count). The third-order valence-electron chi connectivity index (χ3n) is 2.90. The van der Waals surface area contributed by atoms with Gasteiger partial charge in [0.15, 0.2) is 0 Å². The number of hydrogen-bond acceptors (Lipinski definition) is 5. The molecule has 0 amide bonds. The lowest BCUT2D eigenvalue weighted by Crippen LogP contribution is -2.07. The van der Waals surface area contributed by atoms with Crippen LogP contribution in [-0.4, -0.2) is 24.3 Å². The zero-order valence-electron chi connectivity index (χ0n) is 10.8. The van der Waals surface area contributed by atoms with Crippen LogP contribution in [-0.2, 0) is 0 Å². The standard InChI is InChI=1S/C14H16N2O3/c1-18-9-5-6-12(19-2)11(8-9)13(17)10-4-3-7-16-14(10)15/h3-8,13,17H,1-2H3,(H2,15,16). The highest BCUT2D eigenvalue weighted by molar-refractivity contribution is 5.50. The molecule has 0 aliphatic rings. The highest BCUT2D eigenvalue weighted by Crippen LogP contribution is 2.34. The summed E-state index contributed by atoms with van der Waals surface area (Å²) in [6.07, 6.45) is 0.660. The minimum Gasteiger partial charge on any atom is -0.497 e. The number of rotatable bonds is 4. The van der Waals surface area contributed by atoms with Gasteiger partial charge in [-0.05, 0) is 24.3 Å². The van der Waals surface area contributed by atoms with Crippen LogP contribution >= 0.6 is 0 Å². The number of nitrogens with zero attached hydrogens (tertiary/aromatic N) is 1. The van der Waals surface area contributed by atoms with E-state index in [1.807, 2.05) is 0 Å². The van der Waals surface area contributed by atoms with E-state index in [1.165, 1.54) is 0 Å². The van der Waals surface area contributed by atoms with Crippen molar-refractivity contribution in [2.45, 2.75) is 6.10 Å². The number of nitrogens with two attached hydrogens (primary N) is 1. The zero-order valence-corrected chi connectivity index (χ0v) is 10.8. The van der Waals surface area contributed by atoms with Crippen molar-refractivity contribution in [1.29, 1.82) is 0 Å². The molecule has 100 valence electrons. The third-order valence-corrected chi connectivity index (χ3v) is 2.90. The Morgan fingerprint density at radius 3 is 2.58 bits per heavy atom. The van der Waals surface area contributed by atoms with Crippen LogP contribution in [0.4, 0.5) is 5.82 Å². The maximum absolute atomic E-state index is 10.4. The first kappa shape index (κ1) is 13.2. The molecule has 1 unspecified atom stereocenters. The lowest BCUT2D eigenvalue weighted by molar-refractivity contribution is 0.214. The van der Waals surface area contributed by atoms with E-state index in [1.54, 1.807) is 50.7 Å². The molecule has 1 aromatic carbocycles. The summed E-state index contributed by atoms with van der Waals surface area (Å²) >= 11 is 0. The largest absolute Gasteiger partial charge is 0.497 e. The molecule has 0 bridgehead atoms. The van der Waals surface area contributed by atoms with Crippen molar-refractivity contribution in [3.05, 3.63) is 47.7 Å². The Morgan fingerprint density at radius 1 is 1.16 bits per heavy atom. The van der Waals surface area contributed by atoms with Gasteiger partial charge >= 0.3 is 0 Å². The van der Waals surface area contributed by atoms with Gasteiger partial charge < -0.3 is 20.3 Å². The molecule has 0 radical (unpaired) electrons. The summed E-state index contributed by atoms with van der Waals surface area (Å²) in [5, 5.41) is 10.4. The van der Waals surface area contributed by atoms with Gasteiger partial charge in [-0.1, -0.05) is 6.07 Å². The Kier molecular flexibility index (Phi) is 3.87. The normalized spacial score (nSPS) is 11.9. The number of ether oxygens (including phenoxy) is 2. The van der Waals surface area contributed by atoms with E-state index in [9.17, 15) is 5.11 Å². The van der Waals surface area contributed by atoms with Gasteiger partial charge in [0.2, 0.25) is 0 Å². The summed E-state index contributed by atoms with van der Waals surface area (Å²) in [4.78, 5) is 3.97. The maximum atomic E-state index is 10.4. The highest BCUT2D eigenvalue weighted by Gasteiger charge is 2.19. The third kappa shape index (κ3) is 2.61. The second-order valence-corrected chi connectivity index (χ2v) is 3.99. The van der Waals surface area contributed by atoms with Crippen molar-refractivity contribution in [2.24, 2.45) is 0 Å². The first-order valence-corrected chi connectivity index (χ1v) is 5.77. The predicted octanol–water partition coefficient (Wildman–Crippen LogP) is 1.76. The number of nitrogen functional groups attached to an aromatic ring is 1. The van der Waals surface area contributed by atoms with Crippen molar-refractivity contribution in [3.8, 4) is 11.5 Å². The van der Waals surface area contributed by atoms with Gasteiger partial charge in [-0.2, -0.15) is 0 Å². The number of aliphatic hydroxyl groups excluding tert-OH is 1. The Labute approximate surface area is 111 Å². The molecular formula is C14H16N2O3. The Balaban J connectivity index is 2.48. The summed E-state index contributed by atoms with van der Waals surface area (Å²) in [5.74, 6) is 1.49. The molecular weight excluding hydrogens is 244 g/mol. The first-order valence-electron chi connectivity index (χ1n) is 5.77. The lowest BCUT2D eigenvalue weighted by Gasteiger charge is -2.17. The van der Waals surface area contributed by atoms with E-state index >= 15 is 0 Å². The maximum Gasteiger partial charge on any atom is 0.129 e. The molecule has 0 aliphatic carbocycles. The van der Waals surface area contributed by atoms with Gasteiger partial charge in [-0.25, -0.2) is 4.98 Å². The van der Waals surface area contributed by atoms with Crippen LogP contribution in [0, 0.1) is 0 Å². The lowest BCUT2D eigenvalue weighted by atomic mass is 10.0. The van der Waals surface area contributed by atoms with Gasteiger partial charge in [0.1, 0.15) is 23.4 Å². The minimum atomic E-state index is -0.918. The van der Waals surface area contributed by atoms with Crippen LogP contribution in [0.2, 0.25) is 0 Å². The van der Waals surface area contributed by atoms with Gasteiger partial charge in [0.05, 0.1) is 14.2 Å². The van der Waals surface area contributed by atoms with Crippen LogP contribution < -0.4 is 15.2 Å². The molecule has 5 heteroatoms. The molecule has 3 N–H and O–H groups in total. The van der Waals surface area contributed by atoms with Crippen molar-refractivity contribution in [2.75, 3.05) is 20.0 Å². The summed E-state index contributed by atoms with van der Waals surface area (Å²) in [6, 6.07) is 8.68. The van der Waals surface area contributed by atoms with E-state index in [4.69, 9.17) is 15.2 Å². The molecule has 19 heavy (non-hydrogen) atoms. The van der Waals surface area contributed by atoms with E-state index in [0.29, 0.717) is 28.4 Å². The summed E-state index contributed by atoms with van der Waals surface area (Å²) in [7, 11) is 3.11. The number of aliphatic hydroxyl groups is 1. The number of aromatic nitrogens is 1. The molecule has 1 atom stereocenters. The van der Waals surface area contributed by atoms with E-state index in [-0.39, 0.29) is 0 Å². The van der Waals surface area contributed by atoms with Crippen molar-refractivity contribution in [3.63, 3.8) is 0 Å². The van der Waals surface area contributed by atoms with Gasteiger partial charge in [0, 0.05) is 17.3 Å². The quantitative estimate of drug-likeness (QED) is 0.876. The fraction of sp³-hybridized carbons (Fsp3) is 0.214. The fourth-order valence-corrected chi connectivity index (χ4v) is 1.88. The second kappa shape index (κ2) is 5.58. The van der Waals surface area contributed by atoms with Crippen LogP contribution in [0.5, 0.6) is 11.5 Å². The summed E-state index contributed by atoms with van der Waals surface area (Å²) in [6.45, 7) is 0. The minimum absolute atomic E-state index is 0.292. The van der Waals surface area contributed by atoms with Crippen LogP contribution in [0.1, 0.15) is 17.2 Å². The summed E-state index contributed by atoms with van der Waals surface area (Å²) in [5.41, 5.74) is 6.90. The van der Waals surface area contributed by atoms with Crippen molar-refractivity contribution < 1.29 is 14.6 Å². The SMILES string of the molecule is COc1ccc(OC)c(C(O)c2cccnc2N)c1. The average Bonchev–Trinajstić information content (AvgIpc) is 2.46. The van der Waals surface area contributed by atoms with Gasteiger partial charge in [0.25, 0.3) is 0 Å². The molecule has 0 aliphatic heterocycles. The topological polar surface area (TPSA) is 77.6 Å². The zero-order chi connectivity index (χ0) is 13.8. The predicted molar refractivity (Wildman–Crippen MR) is 72.3 cm³/mol. The molecule has 0 fully saturated rings. The Bertz CT molecular complexity index is 572. The van der Waals surface area contributed by atoms with Crippen molar-refractivity contribution in [1.82, 2.24) is 4.98 Å². The smallest absolute Gasteiger partial charge is 0.129 e. The number of methoxy groups -OCH3 is 2. The van der Waals surface area contributed by atoms with Crippen LogP contribution in [0.25, 0.3) is 0 Å².